The highest BCUT2D eigenvalue weighted by molar-refractivity contribution is 5.95. The molecular formula is C14H18N2O3. The van der Waals surface area contributed by atoms with E-state index in [0.29, 0.717) is 17.0 Å². The lowest BCUT2D eigenvalue weighted by Gasteiger charge is -2.31. The van der Waals surface area contributed by atoms with Gasteiger partial charge in [-0.3, -0.25) is 14.9 Å². The van der Waals surface area contributed by atoms with Gasteiger partial charge in [-0.05, 0) is 31.7 Å². The molecule has 19 heavy (non-hydrogen) atoms. The normalized spacial score (nSPS) is 19.3. The molecule has 0 aliphatic carbocycles. The maximum atomic E-state index is 12.3. The van der Waals surface area contributed by atoms with Gasteiger partial charge in [0.05, 0.1) is 4.92 Å². The van der Waals surface area contributed by atoms with Crippen molar-refractivity contribution >= 4 is 11.6 Å². The van der Waals surface area contributed by atoms with Crippen LogP contribution in [0.5, 0.6) is 0 Å². The van der Waals surface area contributed by atoms with Crippen LogP contribution in [-0.4, -0.2) is 28.8 Å². The third kappa shape index (κ3) is 2.92. The van der Waals surface area contributed by atoms with Crippen LogP contribution in [-0.2, 0) is 0 Å². The number of likely N-dealkylation sites (tertiary alicyclic amines) is 1. The first-order valence-electron chi connectivity index (χ1n) is 6.53. The van der Waals surface area contributed by atoms with E-state index in [2.05, 4.69) is 6.92 Å². The number of carbonyl (C=O) groups is 1. The van der Waals surface area contributed by atoms with Gasteiger partial charge in [0.1, 0.15) is 0 Å². The quantitative estimate of drug-likeness (QED) is 0.608. The van der Waals surface area contributed by atoms with Crippen LogP contribution >= 0.6 is 0 Å². The average Bonchev–Trinajstić information content (AvgIpc) is 2.38. The Kier molecular flexibility index (Phi) is 3.83. The lowest BCUT2D eigenvalue weighted by atomic mass is 9.99. The molecule has 1 amide bonds. The SMILES string of the molecule is Cc1ccc(C(=O)N2CCCC(C)C2)cc1[N+](=O)[O-]. The summed E-state index contributed by atoms with van der Waals surface area (Å²) in [5, 5.41) is 10.9. The van der Waals surface area contributed by atoms with Crippen LogP contribution in [0.3, 0.4) is 0 Å². The van der Waals surface area contributed by atoms with E-state index in [1.807, 2.05) is 0 Å². The van der Waals surface area contributed by atoms with E-state index in [-0.39, 0.29) is 11.6 Å². The highest BCUT2D eigenvalue weighted by Gasteiger charge is 2.23. The van der Waals surface area contributed by atoms with E-state index in [4.69, 9.17) is 0 Å². The van der Waals surface area contributed by atoms with Crippen molar-refractivity contribution in [3.05, 3.63) is 39.4 Å². The molecule has 1 aromatic carbocycles. The Labute approximate surface area is 112 Å². The van der Waals surface area contributed by atoms with Gasteiger partial charge in [-0.15, -0.1) is 0 Å². The number of rotatable bonds is 2. The number of nitrogens with zero attached hydrogens (tertiary/aromatic N) is 2. The van der Waals surface area contributed by atoms with Crippen molar-refractivity contribution in [2.45, 2.75) is 26.7 Å². The first-order valence-corrected chi connectivity index (χ1v) is 6.53. The second-order valence-corrected chi connectivity index (χ2v) is 5.26. The molecule has 1 saturated heterocycles. The molecule has 0 bridgehead atoms. The Balaban J connectivity index is 2.24. The van der Waals surface area contributed by atoms with E-state index in [9.17, 15) is 14.9 Å². The fraction of sp³-hybridized carbons (Fsp3) is 0.500. The molecule has 1 unspecified atom stereocenters. The first-order chi connectivity index (χ1) is 8.99. The molecular weight excluding hydrogens is 244 g/mol. The maximum absolute atomic E-state index is 12.3. The Hall–Kier alpha value is -1.91. The molecule has 1 aromatic rings. The molecule has 0 saturated carbocycles. The second kappa shape index (κ2) is 5.38. The predicted octanol–water partition coefficient (Wildman–Crippen LogP) is 2.78. The number of benzene rings is 1. The molecule has 5 nitrogen and oxygen atoms in total. The van der Waals surface area contributed by atoms with Crippen LogP contribution in [0.2, 0.25) is 0 Å². The fourth-order valence-corrected chi connectivity index (χ4v) is 2.50. The van der Waals surface area contributed by atoms with E-state index in [1.54, 1.807) is 24.0 Å². The smallest absolute Gasteiger partial charge is 0.273 e. The number of amides is 1. The van der Waals surface area contributed by atoms with Crippen LogP contribution in [0.25, 0.3) is 0 Å². The molecule has 1 atom stereocenters. The van der Waals surface area contributed by atoms with E-state index >= 15 is 0 Å². The summed E-state index contributed by atoms with van der Waals surface area (Å²) in [6.07, 6.45) is 2.14. The number of piperidine rings is 1. The third-order valence-corrected chi connectivity index (χ3v) is 3.60. The number of hydrogen-bond donors (Lipinski definition) is 0. The Morgan fingerprint density at radius 2 is 2.21 bits per heavy atom. The van der Waals surface area contributed by atoms with Crippen molar-refractivity contribution in [2.75, 3.05) is 13.1 Å². The maximum Gasteiger partial charge on any atom is 0.273 e. The summed E-state index contributed by atoms with van der Waals surface area (Å²) in [4.78, 5) is 24.6. The van der Waals surface area contributed by atoms with Crippen molar-refractivity contribution in [3.63, 3.8) is 0 Å². The molecule has 1 aliphatic rings. The van der Waals surface area contributed by atoms with Crippen molar-refractivity contribution in [1.82, 2.24) is 4.90 Å². The Morgan fingerprint density at radius 3 is 2.84 bits per heavy atom. The van der Waals surface area contributed by atoms with Crippen LogP contribution in [0.4, 0.5) is 5.69 Å². The minimum absolute atomic E-state index is 0.0101. The molecule has 0 N–H and O–H groups in total. The van der Waals surface area contributed by atoms with E-state index < -0.39 is 4.92 Å². The van der Waals surface area contributed by atoms with Gasteiger partial charge in [-0.25, -0.2) is 0 Å². The summed E-state index contributed by atoms with van der Waals surface area (Å²) in [5.41, 5.74) is 0.996. The number of hydrogen-bond acceptors (Lipinski definition) is 3. The summed E-state index contributed by atoms with van der Waals surface area (Å²) in [6.45, 7) is 5.28. The highest BCUT2D eigenvalue weighted by atomic mass is 16.6. The highest BCUT2D eigenvalue weighted by Crippen LogP contribution is 2.22. The molecule has 0 spiro atoms. The Morgan fingerprint density at radius 1 is 1.47 bits per heavy atom. The molecule has 102 valence electrons. The van der Waals surface area contributed by atoms with Crippen molar-refractivity contribution < 1.29 is 9.72 Å². The number of aryl methyl sites for hydroxylation is 1. The summed E-state index contributed by atoms with van der Waals surface area (Å²) >= 11 is 0. The van der Waals surface area contributed by atoms with Crippen molar-refractivity contribution in [2.24, 2.45) is 5.92 Å². The molecule has 2 rings (SSSR count). The first kappa shape index (κ1) is 13.5. The number of carbonyl (C=O) groups excluding carboxylic acids is 1. The minimum atomic E-state index is -0.440. The Bertz CT molecular complexity index is 513. The molecule has 1 aliphatic heterocycles. The van der Waals surface area contributed by atoms with Crippen LogP contribution in [0, 0.1) is 23.0 Å². The van der Waals surface area contributed by atoms with Gasteiger partial charge in [-0.2, -0.15) is 0 Å². The largest absolute Gasteiger partial charge is 0.338 e. The van der Waals surface area contributed by atoms with Gasteiger partial charge < -0.3 is 4.90 Å². The van der Waals surface area contributed by atoms with Crippen LogP contribution in [0.1, 0.15) is 35.7 Å². The molecule has 0 radical (unpaired) electrons. The second-order valence-electron chi connectivity index (χ2n) is 5.26. The number of nitro groups is 1. The van der Waals surface area contributed by atoms with Gasteiger partial charge in [0.25, 0.3) is 11.6 Å². The summed E-state index contributed by atoms with van der Waals surface area (Å²) in [7, 11) is 0. The standard InChI is InChI=1S/C14H18N2O3/c1-10-4-3-7-15(9-10)14(17)12-6-5-11(2)13(8-12)16(18)19/h5-6,8,10H,3-4,7,9H2,1-2H3. The lowest BCUT2D eigenvalue weighted by Crippen LogP contribution is -2.39. The summed E-state index contributed by atoms with van der Waals surface area (Å²) < 4.78 is 0. The van der Waals surface area contributed by atoms with E-state index in [0.717, 1.165) is 25.9 Å². The van der Waals surface area contributed by atoms with Gasteiger partial charge in [0.2, 0.25) is 0 Å². The zero-order valence-corrected chi connectivity index (χ0v) is 11.3. The zero-order chi connectivity index (χ0) is 14.0. The summed E-state index contributed by atoms with van der Waals surface area (Å²) in [5.74, 6) is 0.396. The fourth-order valence-electron chi connectivity index (χ4n) is 2.50. The van der Waals surface area contributed by atoms with Crippen molar-refractivity contribution in [1.29, 1.82) is 0 Å². The average molecular weight is 262 g/mol. The van der Waals surface area contributed by atoms with Gasteiger partial charge >= 0.3 is 0 Å². The number of nitro benzene ring substituents is 1. The topological polar surface area (TPSA) is 63.5 Å². The third-order valence-electron chi connectivity index (χ3n) is 3.60. The predicted molar refractivity (Wildman–Crippen MR) is 72.1 cm³/mol. The zero-order valence-electron chi connectivity index (χ0n) is 11.3. The van der Waals surface area contributed by atoms with Crippen LogP contribution in [0.15, 0.2) is 18.2 Å². The minimum Gasteiger partial charge on any atom is -0.338 e. The van der Waals surface area contributed by atoms with Gasteiger partial charge in [0, 0.05) is 30.3 Å². The van der Waals surface area contributed by atoms with E-state index in [1.165, 1.54) is 6.07 Å². The monoisotopic (exact) mass is 262 g/mol. The van der Waals surface area contributed by atoms with Crippen molar-refractivity contribution in [3.8, 4) is 0 Å². The molecule has 0 aromatic heterocycles. The summed E-state index contributed by atoms with van der Waals surface area (Å²) in [6, 6.07) is 4.69. The lowest BCUT2D eigenvalue weighted by molar-refractivity contribution is -0.385. The molecule has 1 heterocycles. The molecule has 5 heteroatoms. The molecule has 1 fully saturated rings. The van der Waals surface area contributed by atoms with Gasteiger partial charge in [-0.1, -0.05) is 13.0 Å². The van der Waals surface area contributed by atoms with Gasteiger partial charge in [0.15, 0.2) is 0 Å². The van der Waals surface area contributed by atoms with Crippen LogP contribution < -0.4 is 0 Å².